The van der Waals surface area contributed by atoms with E-state index in [1.165, 1.54) is 6.07 Å². The van der Waals surface area contributed by atoms with Crippen molar-refractivity contribution in [2.45, 2.75) is 6.18 Å². The smallest absolute Gasteiger partial charge is 0.422 e. The highest BCUT2D eigenvalue weighted by Crippen LogP contribution is 2.33. The van der Waals surface area contributed by atoms with Crippen LogP contribution in [-0.2, 0) is 0 Å². The number of alkyl halides is 3. The summed E-state index contributed by atoms with van der Waals surface area (Å²) in [4.78, 5) is 0. The number of benzene rings is 1. The highest BCUT2D eigenvalue weighted by molar-refractivity contribution is 9.10. The van der Waals surface area contributed by atoms with Gasteiger partial charge < -0.3 is 15.8 Å². The second-order valence-electron chi connectivity index (χ2n) is 3.01. The number of halogens is 4. The van der Waals surface area contributed by atoms with Crippen LogP contribution in [-0.4, -0.2) is 17.9 Å². The maximum Gasteiger partial charge on any atom is 0.422 e. The second-order valence-corrected chi connectivity index (χ2v) is 4.30. The van der Waals surface area contributed by atoms with Gasteiger partial charge in [-0.2, -0.15) is 13.2 Å². The van der Waals surface area contributed by atoms with E-state index in [9.17, 15) is 13.2 Å². The maximum absolute atomic E-state index is 12.0. The highest BCUT2D eigenvalue weighted by atomic mass is 79.9. The van der Waals surface area contributed by atoms with Crippen LogP contribution in [0.1, 0.15) is 0 Å². The summed E-state index contributed by atoms with van der Waals surface area (Å²) in [5, 5.41) is 2.49. The van der Waals surface area contributed by atoms with Gasteiger partial charge in [0, 0.05) is 4.47 Å². The summed E-state index contributed by atoms with van der Waals surface area (Å²) < 4.78 is 41.2. The average Bonchev–Trinajstić information content (AvgIpc) is 2.17. The summed E-state index contributed by atoms with van der Waals surface area (Å²) in [6.45, 7) is -1.38. The minimum atomic E-state index is -4.40. The number of hydrogen-bond acceptors (Lipinski definition) is 2. The number of anilines is 1. The molecule has 0 unspecified atom stereocenters. The fraction of sp³-hybridized carbons (Fsp3) is 0.222. The summed E-state index contributed by atoms with van der Waals surface area (Å²) >= 11 is 7.78. The molecule has 0 aliphatic heterocycles. The van der Waals surface area contributed by atoms with Crippen LogP contribution in [0.4, 0.5) is 18.9 Å². The number of nitrogens with one attached hydrogen (secondary N) is 1. The summed E-state index contributed by atoms with van der Waals surface area (Å²) in [5.74, 6) is 0.0181. The van der Waals surface area contributed by atoms with E-state index < -0.39 is 12.8 Å². The molecule has 0 radical (unpaired) electrons. The molecule has 0 saturated heterocycles. The van der Waals surface area contributed by atoms with Gasteiger partial charge in [-0.05, 0) is 40.3 Å². The van der Waals surface area contributed by atoms with E-state index in [0.717, 1.165) is 0 Å². The number of ether oxygens (including phenoxy) is 1. The topological polar surface area (TPSA) is 47.3 Å². The molecule has 0 spiro atoms. The molecule has 17 heavy (non-hydrogen) atoms. The highest BCUT2D eigenvalue weighted by Gasteiger charge is 2.29. The monoisotopic (exact) mass is 328 g/mol. The number of thiocarbonyl (C=S) groups is 1. The Hall–Kier alpha value is -1.02. The molecule has 0 bridgehead atoms. The maximum atomic E-state index is 12.0. The molecule has 0 fully saturated rings. The van der Waals surface area contributed by atoms with Gasteiger partial charge in [-0.25, -0.2) is 0 Å². The van der Waals surface area contributed by atoms with Crippen LogP contribution >= 0.6 is 28.1 Å². The van der Waals surface area contributed by atoms with E-state index in [4.69, 9.17) is 5.73 Å². The predicted octanol–water partition coefficient (Wildman–Crippen LogP) is 3.05. The van der Waals surface area contributed by atoms with Crippen LogP contribution in [0.2, 0.25) is 0 Å². The summed E-state index contributed by atoms with van der Waals surface area (Å²) in [6.07, 6.45) is -4.40. The van der Waals surface area contributed by atoms with Gasteiger partial charge in [0.25, 0.3) is 0 Å². The van der Waals surface area contributed by atoms with E-state index in [1.54, 1.807) is 12.1 Å². The van der Waals surface area contributed by atoms with Crippen molar-refractivity contribution in [2.75, 3.05) is 11.9 Å². The molecule has 0 heterocycles. The Morgan fingerprint density at radius 2 is 2.12 bits per heavy atom. The molecule has 0 aromatic heterocycles. The first-order valence-corrected chi connectivity index (χ1v) is 5.54. The summed E-state index contributed by atoms with van der Waals surface area (Å²) in [6, 6.07) is 4.55. The van der Waals surface area contributed by atoms with Crippen LogP contribution < -0.4 is 15.8 Å². The van der Waals surface area contributed by atoms with Crippen molar-refractivity contribution in [1.82, 2.24) is 0 Å². The van der Waals surface area contributed by atoms with Crippen LogP contribution in [0, 0.1) is 0 Å². The molecule has 3 N–H and O–H groups in total. The van der Waals surface area contributed by atoms with E-state index in [0.29, 0.717) is 4.47 Å². The third-order valence-corrected chi connectivity index (χ3v) is 2.38. The minimum Gasteiger partial charge on any atom is -0.482 e. The van der Waals surface area contributed by atoms with Crippen LogP contribution in [0.25, 0.3) is 0 Å². The largest absolute Gasteiger partial charge is 0.482 e. The van der Waals surface area contributed by atoms with Crippen molar-refractivity contribution in [3.05, 3.63) is 22.7 Å². The first-order valence-electron chi connectivity index (χ1n) is 4.34. The molecular formula is C9H8BrF3N2OS. The lowest BCUT2D eigenvalue weighted by atomic mass is 10.3. The van der Waals surface area contributed by atoms with Crippen molar-refractivity contribution in [2.24, 2.45) is 5.73 Å². The van der Waals surface area contributed by atoms with Crippen molar-refractivity contribution >= 4 is 38.9 Å². The van der Waals surface area contributed by atoms with Gasteiger partial charge in [-0.3, -0.25) is 0 Å². The van der Waals surface area contributed by atoms with Crippen molar-refractivity contribution in [3.8, 4) is 5.75 Å². The predicted molar refractivity (Wildman–Crippen MR) is 66.1 cm³/mol. The van der Waals surface area contributed by atoms with Crippen LogP contribution in [0.15, 0.2) is 22.7 Å². The number of nitrogens with two attached hydrogens (primary N) is 1. The molecule has 1 rings (SSSR count). The van der Waals surface area contributed by atoms with E-state index in [-0.39, 0.29) is 16.5 Å². The van der Waals surface area contributed by atoms with Gasteiger partial charge in [0.2, 0.25) is 0 Å². The zero-order valence-corrected chi connectivity index (χ0v) is 10.7. The van der Waals surface area contributed by atoms with Gasteiger partial charge in [-0.1, -0.05) is 6.07 Å². The summed E-state index contributed by atoms with van der Waals surface area (Å²) in [5.41, 5.74) is 5.53. The quantitative estimate of drug-likeness (QED) is 0.837. The molecule has 0 aliphatic carbocycles. The van der Waals surface area contributed by atoms with Crippen LogP contribution in [0.5, 0.6) is 5.75 Å². The van der Waals surface area contributed by atoms with Crippen molar-refractivity contribution in [1.29, 1.82) is 0 Å². The number of para-hydroxylation sites is 1. The third kappa shape index (κ3) is 4.78. The number of rotatable bonds is 3. The average molecular weight is 329 g/mol. The Kier molecular flexibility index (Phi) is 4.58. The first-order chi connectivity index (χ1) is 7.79. The Morgan fingerprint density at radius 3 is 2.65 bits per heavy atom. The lowest BCUT2D eigenvalue weighted by Gasteiger charge is -2.14. The molecule has 0 aliphatic rings. The zero-order valence-electron chi connectivity index (χ0n) is 8.34. The van der Waals surface area contributed by atoms with Crippen molar-refractivity contribution in [3.63, 3.8) is 0 Å². The first kappa shape index (κ1) is 14.0. The fourth-order valence-electron chi connectivity index (χ4n) is 1.03. The molecule has 1 aromatic rings. The number of hydrogen-bond donors (Lipinski definition) is 2. The van der Waals surface area contributed by atoms with E-state index >= 15 is 0 Å². The third-order valence-electron chi connectivity index (χ3n) is 1.61. The fourth-order valence-corrected chi connectivity index (χ4v) is 1.58. The van der Waals surface area contributed by atoms with Gasteiger partial charge in [0.05, 0.1) is 5.69 Å². The van der Waals surface area contributed by atoms with Gasteiger partial charge >= 0.3 is 6.18 Å². The zero-order chi connectivity index (χ0) is 13.1. The molecule has 94 valence electrons. The Balaban J connectivity index is 2.90. The molecule has 8 heteroatoms. The van der Waals surface area contributed by atoms with Crippen molar-refractivity contribution < 1.29 is 17.9 Å². The Bertz CT molecular complexity index is 425. The standard InChI is InChI=1S/C9H8BrF3N2OS/c10-5-2-1-3-6(7(5)15-8(14)17)16-4-9(11,12)13/h1-3H,4H2,(H3,14,15,17). The second kappa shape index (κ2) is 5.54. The Morgan fingerprint density at radius 1 is 1.47 bits per heavy atom. The normalized spacial score (nSPS) is 11.1. The molecular weight excluding hydrogens is 321 g/mol. The summed E-state index contributed by atoms with van der Waals surface area (Å²) in [7, 11) is 0. The minimum absolute atomic E-state index is 0.0181. The van der Waals surface area contributed by atoms with Crippen LogP contribution in [0.3, 0.4) is 0 Å². The van der Waals surface area contributed by atoms with Gasteiger partial charge in [0.15, 0.2) is 11.7 Å². The van der Waals surface area contributed by atoms with Gasteiger partial charge in [0.1, 0.15) is 5.75 Å². The molecule has 0 amide bonds. The Labute approximate surface area is 109 Å². The SMILES string of the molecule is NC(=S)Nc1c(Br)cccc1OCC(F)(F)F. The molecule has 0 saturated carbocycles. The molecule has 0 atom stereocenters. The molecule has 3 nitrogen and oxygen atoms in total. The van der Waals surface area contributed by atoms with E-state index in [1.807, 2.05) is 0 Å². The van der Waals surface area contributed by atoms with E-state index in [2.05, 4.69) is 38.2 Å². The van der Waals surface area contributed by atoms with Gasteiger partial charge in [-0.15, -0.1) is 0 Å². The molecule has 1 aromatic carbocycles. The lowest BCUT2D eigenvalue weighted by molar-refractivity contribution is -0.153. The lowest BCUT2D eigenvalue weighted by Crippen LogP contribution is -2.22.